The first kappa shape index (κ1) is 28.2. The molecular weight excluding hydrogens is 498 g/mol. The number of carbonyl (C=O) groups is 2. The number of rotatable bonds is 10. The van der Waals surface area contributed by atoms with Gasteiger partial charge in [-0.3, -0.25) is 14.6 Å². The van der Waals surface area contributed by atoms with E-state index in [1.54, 1.807) is 40.6 Å². The third-order valence-electron chi connectivity index (χ3n) is 7.54. The van der Waals surface area contributed by atoms with E-state index < -0.39 is 11.8 Å². The van der Waals surface area contributed by atoms with E-state index in [4.69, 9.17) is 28.7 Å². The van der Waals surface area contributed by atoms with Crippen molar-refractivity contribution in [1.82, 2.24) is 0 Å². The molecule has 0 radical (unpaired) electrons. The van der Waals surface area contributed by atoms with Gasteiger partial charge >= 0.3 is 5.97 Å². The van der Waals surface area contributed by atoms with Crippen LogP contribution in [0.25, 0.3) is 0 Å². The minimum atomic E-state index is -0.747. The number of Topliss-reactive ketones (excluding diaryl/α,β-unsaturated/α-hetero) is 1. The average Bonchev–Trinajstić information content (AvgIpc) is 2.95. The van der Waals surface area contributed by atoms with E-state index in [9.17, 15) is 9.59 Å². The number of allylic oxidation sites excluding steroid dienone is 2. The van der Waals surface area contributed by atoms with Crippen molar-refractivity contribution in [2.24, 2.45) is 10.9 Å². The molecule has 0 saturated heterocycles. The highest BCUT2D eigenvalue weighted by atomic mass is 16.5. The van der Waals surface area contributed by atoms with E-state index in [2.05, 4.69) is 0 Å². The quantitative estimate of drug-likeness (QED) is 0.287. The topological polar surface area (TPSA) is 92.7 Å². The van der Waals surface area contributed by atoms with Crippen molar-refractivity contribution < 1.29 is 33.3 Å². The Morgan fingerprint density at radius 3 is 2.31 bits per heavy atom. The van der Waals surface area contributed by atoms with Crippen LogP contribution in [-0.4, -0.2) is 52.5 Å². The third-order valence-corrected chi connectivity index (χ3v) is 7.54. The number of carbonyl (C=O) groups excluding carboxylic acids is 2. The highest BCUT2D eigenvalue weighted by molar-refractivity contribution is 6.09. The molecule has 208 valence electrons. The van der Waals surface area contributed by atoms with Crippen LogP contribution in [0.2, 0.25) is 0 Å². The van der Waals surface area contributed by atoms with Gasteiger partial charge in [0.2, 0.25) is 0 Å². The van der Waals surface area contributed by atoms with Gasteiger partial charge in [-0.25, -0.2) is 0 Å². The van der Waals surface area contributed by atoms with Gasteiger partial charge in [-0.2, -0.15) is 0 Å². The normalized spacial score (nSPS) is 20.6. The highest BCUT2D eigenvalue weighted by Crippen LogP contribution is 2.49. The van der Waals surface area contributed by atoms with Crippen molar-refractivity contribution in [3.63, 3.8) is 0 Å². The lowest BCUT2D eigenvalue weighted by Crippen LogP contribution is -2.38. The Morgan fingerprint density at radius 1 is 0.923 bits per heavy atom. The van der Waals surface area contributed by atoms with Crippen molar-refractivity contribution in [3.05, 3.63) is 58.8 Å². The number of aliphatic imine (C=N–C) groups is 1. The smallest absolute Gasteiger partial charge is 0.315 e. The summed E-state index contributed by atoms with van der Waals surface area (Å²) in [6, 6.07) is 11.2. The van der Waals surface area contributed by atoms with Gasteiger partial charge in [-0.15, -0.1) is 0 Å². The first-order chi connectivity index (χ1) is 18.9. The SMILES string of the molecule is CCCCOC(=O)C1C(C)=NC2=C(C(=O)C[C@@H](c3ccc(OC)c(OC)c3)C2)[C@H]1c1cc(OC)ccc1OC. The highest BCUT2D eigenvalue weighted by Gasteiger charge is 2.46. The van der Waals surface area contributed by atoms with E-state index in [0.29, 0.717) is 58.6 Å². The summed E-state index contributed by atoms with van der Waals surface area (Å²) in [6.07, 6.45) is 2.50. The van der Waals surface area contributed by atoms with Crippen molar-refractivity contribution in [2.45, 2.75) is 51.4 Å². The number of hydrogen-bond acceptors (Lipinski definition) is 8. The first-order valence-corrected chi connectivity index (χ1v) is 13.3. The Bertz CT molecular complexity index is 1300. The number of hydrogen-bond donors (Lipinski definition) is 0. The number of benzene rings is 2. The molecule has 1 aliphatic carbocycles. The Kier molecular flexibility index (Phi) is 8.94. The summed E-state index contributed by atoms with van der Waals surface area (Å²) in [5.74, 6) is 0.548. The molecule has 0 bridgehead atoms. The fourth-order valence-corrected chi connectivity index (χ4v) is 5.53. The molecule has 2 aromatic rings. The maximum Gasteiger partial charge on any atom is 0.315 e. The van der Waals surface area contributed by atoms with Crippen LogP contribution in [0.1, 0.15) is 62.5 Å². The van der Waals surface area contributed by atoms with Gasteiger partial charge in [-0.1, -0.05) is 19.4 Å². The summed E-state index contributed by atoms with van der Waals surface area (Å²) in [6.45, 7) is 4.19. The standard InChI is InChI=1S/C31H37NO7/c1-7-8-13-39-31(34)28-18(2)32-23-14-20(19-9-11-26(37-5)27(16-19)38-6)15-24(33)30(23)29(28)22-17-21(35-3)10-12-25(22)36-4/h9-12,16-17,20,28-29H,7-8,13-15H2,1-6H3/t20-,28?,29-/m0/s1. The lowest BCUT2D eigenvalue weighted by Gasteiger charge is -2.37. The number of ketones is 1. The molecule has 0 aromatic heterocycles. The summed E-state index contributed by atoms with van der Waals surface area (Å²) >= 11 is 0. The second-order valence-electron chi connectivity index (χ2n) is 9.84. The summed E-state index contributed by atoms with van der Waals surface area (Å²) in [4.78, 5) is 32.3. The zero-order valence-corrected chi connectivity index (χ0v) is 23.5. The molecule has 8 heteroatoms. The molecule has 2 aromatic carbocycles. The largest absolute Gasteiger partial charge is 0.497 e. The number of ether oxygens (including phenoxy) is 5. The molecule has 1 unspecified atom stereocenters. The maximum absolute atomic E-state index is 14.0. The van der Waals surface area contributed by atoms with E-state index >= 15 is 0 Å². The molecule has 0 N–H and O–H groups in total. The molecule has 0 saturated carbocycles. The maximum atomic E-state index is 14.0. The Balaban J connectivity index is 1.81. The minimum Gasteiger partial charge on any atom is -0.497 e. The molecule has 0 fully saturated rings. The molecule has 8 nitrogen and oxygen atoms in total. The lowest BCUT2D eigenvalue weighted by atomic mass is 9.69. The fraction of sp³-hybridized carbons (Fsp3) is 0.452. The molecule has 1 aliphatic heterocycles. The van der Waals surface area contributed by atoms with Crippen LogP contribution in [0.3, 0.4) is 0 Å². The Morgan fingerprint density at radius 2 is 1.64 bits per heavy atom. The first-order valence-electron chi connectivity index (χ1n) is 13.3. The van der Waals surface area contributed by atoms with Crippen molar-refractivity contribution in [1.29, 1.82) is 0 Å². The predicted molar refractivity (Wildman–Crippen MR) is 148 cm³/mol. The van der Waals surface area contributed by atoms with Gasteiger partial charge in [0, 0.05) is 34.9 Å². The molecular formula is C31H37NO7. The van der Waals surface area contributed by atoms with Gasteiger partial charge in [0.15, 0.2) is 17.3 Å². The summed E-state index contributed by atoms with van der Waals surface area (Å²) in [7, 11) is 6.35. The number of esters is 1. The van der Waals surface area contributed by atoms with E-state index in [0.717, 1.165) is 18.4 Å². The van der Waals surface area contributed by atoms with Crippen LogP contribution in [-0.2, 0) is 14.3 Å². The second-order valence-corrected chi connectivity index (χ2v) is 9.84. The molecule has 0 spiro atoms. The van der Waals surface area contributed by atoms with Gasteiger partial charge in [-0.05, 0) is 61.6 Å². The summed E-state index contributed by atoms with van der Waals surface area (Å²) < 4.78 is 27.8. The van der Waals surface area contributed by atoms with Gasteiger partial charge < -0.3 is 23.7 Å². The van der Waals surface area contributed by atoms with Crippen LogP contribution < -0.4 is 18.9 Å². The predicted octanol–water partition coefficient (Wildman–Crippen LogP) is 5.64. The zero-order chi connectivity index (χ0) is 28.1. The number of nitrogens with zero attached hydrogens (tertiary/aromatic N) is 1. The molecule has 4 rings (SSSR count). The number of methoxy groups -OCH3 is 4. The monoisotopic (exact) mass is 535 g/mol. The van der Waals surface area contributed by atoms with Crippen molar-refractivity contribution >= 4 is 17.5 Å². The summed E-state index contributed by atoms with van der Waals surface area (Å²) in [5.41, 5.74) is 3.52. The number of unbranched alkanes of at least 4 members (excludes halogenated alkanes) is 1. The minimum absolute atomic E-state index is 0.0477. The van der Waals surface area contributed by atoms with Gasteiger partial charge in [0.05, 0.1) is 35.0 Å². The van der Waals surface area contributed by atoms with Crippen molar-refractivity contribution in [2.75, 3.05) is 35.0 Å². The average molecular weight is 536 g/mol. The van der Waals surface area contributed by atoms with Gasteiger partial charge in [0.25, 0.3) is 0 Å². The molecule has 0 amide bonds. The zero-order valence-electron chi connectivity index (χ0n) is 23.5. The van der Waals surface area contributed by atoms with E-state index in [1.807, 2.05) is 38.1 Å². The lowest BCUT2D eigenvalue weighted by molar-refractivity contribution is -0.146. The summed E-state index contributed by atoms with van der Waals surface area (Å²) in [5, 5.41) is 0. The van der Waals surface area contributed by atoms with E-state index in [-0.39, 0.29) is 24.1 Å². The van der Waals surface area contributed by atoms with Crippen LogP contribution >= 0.6 is 0 Å². The molecule has 2 aliphatic rings. The van der Waals surface area contributed by atoms with Crippen LogP contribution in [0, 0.1) is 5.92 Å². The third kappa shape index (κ3) is 5.65. The molecule has 39 heavy (non-hydrogen) atoms. The van der Waals surface area contributed by atoms with Crippen LogP contribution in [0.4, 0.5) is 0 Å². The van der Waals surface area contributed by atoms with Crippen LogP contribution in [0.15, 0.2) is 52.7 Å². The Hall–Kier alpha value is -3.81. The van der Waals surface area contributed by atoms with E-state index in [1.165, 1.54) is 0 Å². The molecule has 1 heterocycles. The van der Waals surface area contributed by atoms with Gasteiger partial charge in [0.1, 0.15) is 17.4 Å². The van der Waals surface area contributed by atoms with Crippen LogP contribution in [0.5, 0.6) is 23.0 Å². The Labute approximate surface area is 230 Å². The second kappa shape index (κ2) is 12.4. The molecule has 3 atom stereocenters. The fourth-order valence-electron chi connectivity index (χ4n) is 5.53. The van der Waals surface area contributed by atoms with Crippen molar-refractivity contribution in [3.8, 4) is 23.0 Å².